The van der Waals surface area contributed by atoms with Gasteiger partial charge in [-0.25, -0.2) is 13.1 Å². The van der Waals surface area contributed by atoms with Gasteiger partial charge in [0, 0.05) is 6.04 Å². The molecular weight excluding hydrogens is 324 g/mol. The average molecular weight is 346 g/mol. The molecule has 6 heteroatoms. The number of nitrogens with one attached hydrogen (secondary N) is 1. The predicted molar refractivity (Wildman–Crippen MR) is 95.1 cm³/mol. The number of benzene rings is 2. The largest absolute Gasteiger partial charge is 0.332 e. The molecule has 0 unspecified atom stereocenters. The molecule has 1 aliphatic carbocycles. The zero-order chi connectivity index (χ0) is 17.3. The summed E-state index contributed by atoms with van der Waals surface area (Å²) in [7, 11) is -3.37. The second-order valence-electron chi connectivity index (χ2n) is 6.41. The third-order valence-electron chi connectivity index (χ3n) is 4.39. The number of hydrogen-bond acceptors (Lipinski definition) is 3. The minimum atomic E-state index is -3.37. The van der Waals surface area contributed by atoms with Crippen molar-refractivity contribution in [2.24, 2.45) is 0 Å². The lowest BCUT2D eigenvalue weighted by atomic mass is 10.0. The van der Waals surface area contributed by atoms with Gasteiger partial charge in [0.2, 0.25) is 15.9 Å². The summed E-state index contributed by atoms with van der Waals surface area (Å²) in [6, 6.07) is 14.4. The number of amides is 1. The standard InChI is InChI=1S/C18H22N2O3S/c1-13(15-8-7-14-5-3-4-6-16(14)11-15)20(17-9-10-17)18(21)12-19-24(2,22)23/h3-8,11,13,17,19H,9-10,12H2,1-2H3/t13-/m0/s1. The highest BCUT2D eigenvalue weighted by Gasteiger charge is 2.36. The van der Waals surface area contributed by atoms with Crippen LogP contribution in [0.1, 0.15) is 31.4 Å². The first kappa shape index (κ1) is 16.9. The molecule has 0 aliphatic heterocycles. The van der Waals surface area contributed by atoms with Gasteiger partial charge in [-0.2, -0.15) is 0 Å². The fourth-order valence-electron chi connectivity index (χ4n) is 3.00. The normalized spacial score (nSPS) is 16.1. The monoisotopic (exact) mass is 346 g/mol. The van der Waals surface area contributed by atoms with Crippen LogP contribution in [0.5, 0.6) is 0 Å². The van der Waals surface area contributed by atoms with Gasteiger partial charge < -0.3 is 4.90 Å². The van der Waals surface area contributed by atoms with Gasteiger partial charge >= 0.3 is 0 Å². The number of rotatable bonds is 6. The molecule has 2 aromatic rings. The Kier molecular flexibility index (Phi) is 4.60. The first-order chi connectivity index (χ1) is 11.3. The van der Waals surface area contributed by atoms with Crippen LogP contribution in [0.25, 0.3) is 10.8 Å². The maximum Gasteiger partial charge on any atom is 0.238 e. The molecule has 1 fully saturated rings. The van der Waals surface area contributed by atoms with Crippen molar-refractivity contribution in [2.45, 2.75) is 31.8 Å². The van der Waals surface area contributed by atoms with Crippen LogP contribution < -0.4 is 4.72 Å². The summed E-state index contributed by atoms with van der Waals surface area (Å²) >= 11 is 0. The molecule has 0 heterocycles. The lowest BCUT2D eigenvalue weighted by Gasteiger charge is -2.30. The van der Waals surface area contributed by atoms with Gasteiger partial charge in [-0.3, -0.25) is 4.79 Å². The van der Waals surface area contributed by atoms with E-state index in [2.05, 4.69) is 29.0 Å². The van der Waals surface area contributed by atoms with Crippen LogP contribution in [0, 0.1) is 0 Å². The summed E-state index contributed by atoms with van der Waals surface area (Å²) in [5.41, 5.74) is 1.06. The molecule has 24 heavy (non-hydrogen) atoms. The van der Waals surface area contributed by atoms with Crippen LogP contribution in [-0.4, -0.2) is 38.1 Å². The third kappa shape index (κ3) is 3.94. The fourth-order valence-corrected chi connectivity index (χ4v) is 3.39. The molecule has 2 aromatic carbocycles. The van der Waals surface area contributed by atoms with E-state index in [1.807, 2.05) is 30.0 Å². The number of carbonyl (C=O) groups is 1. The van der Waals surface area contributed by atoms with Crippen molar-refractivity contribution in [3.05, 3.63) is 48.0 Å². The van der Waals surface area contributed by atoms with Gasteiger partial charge in [-0.15, -0.1) is 0 Å². The second-order valence-corrected chi connectivity index (χ2v) is 8.24. The van der Waals surface area contributed by atoms with E-state index in [4.69, 9.17) is 0 Å². The van der Waals surface area contributed by atoms with Gasteiger partial charge in [0.25, 0.3) is 0 Å². The first-order valence-electron chi connectivity index (χ1n) is 8.09. The summed E-state index contributed by atoms with van der Waals surface area (Å²) in [6.45, 7) is 1.81. The Morgan fingerprint density at radius 2 is 1.88 bits per heavy atom. The van der Waals surface area contributed by atoms with Gasteiger partial charge in [-0.1, -0.05) is 36.4 Å². The van der Waals surface area contributed by atoms with E-state index in [1.165, 1.54) is 0 Å². The molecule has 1 amide bonds. The van der Waals surface area contributed by atoms with Crippen LogP contribution in [0.3, 0.4) is 0 Å². The van der Waals surface area contributed by atoms with Crippen molar-refractivity contribution in [3.63, 3.8) is 0 Å². The molecule has 0 aromatic heterocycles. The summed E-state index contributed by atoms with van der Waals surface area (Å²) in [5, 5.41) is 2.30. The highest BCUT2D eigenvalue weighted by molar-refractivity contribution is 7.88. The van der Waals surface area contributed by atoms with E-state index in [0.29, 0.717) is 0 Å². The molecule has 128 valence electrons. The Bertz CT molecular complexity index is 859. The Labute approximate surface area is 142 Å². The summed E-state index contributed by atoms with van der Waals surface area (Å²) in [4.78, 5) is 14.4. The highest BCUT2D eigenvalue weighted by atomic mass is 32.2. The minimum absolute atomic E-state index is 0.0871. The second kappa shape index (κ2) is 6.53. The van der Waals surface area contributed by atoms with Crippen LogP contribution >= 0.6 is 0 Å². The van der Waals surface area contributed by atoms with Crippen LogP contribution in [-0.2, 0) is 14.8 Å². The highest BCUT2D eigenvalue weighted by Crippen LogP contribution is 2.35. The van der Waals surface area contributed by atoms with Crippen LogP contribution in [0.15, 0.2) is 42.5 Å². The topological polar surface area (TPSA) is 66.5 Å². The minimum Gasteiger partial charge on any atom is -0.332 e. The van der Waals surface area contributed by atoms with Crippen LogP contribution in [0.4, 0.5) is 0 Å². The van der Waals surface area contributed by atoms with Crippen molar-refractivity contribution in [2.75, 3.05) is 12.8 Å². The predicted octanol–water partition coefficient (Wildman–Crippen LogP) is 2.44. The van der Waals surface area contributed by atoms with E-state index < -0.39 is 10.0 Å². The summed E-state index contributed by atoms with van der Waals surface area (Å²) < 4.78 is 24.8. The number of hydrogen-bond donors (Lipinski definition) is 1. The zero-order valence-corrected chi connectivity index (χ0v) is 14.7. The molecule has 1 atom stereocenters. The number of carbonyl (C=O) groups excluding carboxylic acids is 1. The fraction of sp³-hybridized carbons (Fsp3) is 0.389. The van der Waals surface area contributed by atoms with Crippen molar-refractivity contribution in [1.82, 2.24) is 9.62 Å². The maximum absolute atomic E-state index is 12.5. The van der Waals surface area contributed by atoms with E-state index in [1.54, 1.807) is 0 Å². The smallest absolute Gasteiger partial charge is 0.238 e. The number of sulfonamides is 1. The summed E-state index contributed by atoms with van der Waals surface area (Å²) in [5.74, 6) is -0.177. The zero-order valence-electron chi connectivity index (χ0n) is 13.9. The number of fused-ring (bicyclic) bond motifs is 1. The van der Waals surface area contributed by atoms with Crippen molar-refractivity contribution < 1.29 is 13.2 Å². The molecular formula is C18H22N2O3S. The molecule has 0 radical (unpaired) electrons. The molecule has 0 spiro atoms. The summed E-state index contributed by atoms with van der Waals surface area (Å²) in [6.07, 6.45) is 3.01. The third-order valence-corrected chi connectivity index (χ3v) is 5.06. The van der Waals surface area contributed by atoms with E-state index in [9.17, 15) is 13.2 Å². The lowest BCUT2D eigenvalue weighted by Crippen LogP contribution is -2.42. The average Bonchev–Trinajstić information content (AvgIpc) is 3.36. The van der Waals surface area contributed by atoms with Crippen molar-refractivity contribution in [1.29, 1.82) is 0 Å². The molecule has 0 saturated heterocycles. The van der Waals surface area contributed by atoms with Crippen molar-refractivity contribution >= 4 is 26.7 Å². The van der Waals surface area contributed by atoms with Gasteiger partial charge in [-0.05, 0) is 42.2 Å². The van der Waals surface area contributed by atoms with Gasteiger partial charge in [0.15, 0.2) is 0 Å². The van der Waals surface area contributed by atoms with E-state index in [0.717, 1.165) is 35.4 Å². The molecule has 1 N–H and O–H groups in total. The van der Waals surface area contributed by atoms with Gasteiger partial charge in [0.05, 0.1) is 18.8 Å². The Morgan fingerprint density at radius 3 is 2.50 bits per heavy atom. The number of nitrogens with zero attached hydrogens (tertiary/aromatic N) is 1. The van der Waals surface area contributed by atoms with Crippen LogP contribution in [0.2, 0.25) is 0 Å². The Hall–Kier alpha value is -1.92. The molecule has 1 saturated carbocycles. The quantitative estimate of drug-likeness (QED) is 0.874. The first-order valence-corrected chi connectivity index (χ1v) is 9.99. The maximum atomic E-state index is 12.5. The van der Waals surface area contributed by atoms with E-state index in [-0.39, 0.29) is 24.5 Å². The van der Waals surface area contributed by atoms with Crippen molar-refractivity contribution in [3.8, 4) is 0 Å². The molecule has 5 nitrogen and oxygen atoms in total. The molecule has 1 aliphatic rings. The SMILES string of the molecule is C[C@@H](c1ccc2ccccc2c1)N(C(=O)CNS(C)(=O)=O)C1CC1. The molecule has 0 bridgehead atoms. The Morgan fingerprint density at radius 1 is 1.21 bits per heavy atom. The Balaban J connectivity index is 1.83. The molecule has 3 rings (SSSR count). The van der Waals surface area contributed by atoms with Gasteiger partial charge in [0.1, 0.15) is 0 Å². The van der Waals surface area contributed by atoms with E-state index >= 15 is 0 Å². The lowest BCUT2D eigenvalue weighted by molar-refractivity contribution is -0.132.